The van der Waals surface area contributed by atoms with Crippen molar-refractivity contribution in [3.05, 3.63) is 4.60 Å². The van der Waals surface area contributed by atoms with Crippen molar-refractivity contribution in [2.45, 2.75) is 30.3 Å². The first-order valence-electron chi connectivity index (χ1n) is 6.04. The maximum atomic E-state index is 12.6. The van der Waals surface area contributed by atoms with Crippen molar-refractivity contribution in [3.8, 4) is 0 Å². The molecule has 1 aliphatic rings. The molecule has 0 aliphatic carbocycles. The van der Waals surface area contributed by atoms with Gasteiger partial charge in [-0.1, -0.05) is 5.21 Å². The van der Waals surface area contributed by atoms with Crippen molar-refractivity contribution < 1.29 is 8.42 Å². The van der Waals surface area contributed by atoms with Gasteiger partial charge in [-0.2, -0.15) is 4.31 Å². The van der Waals surface area contributed by atoms with E-state index in [1.54, 1.807) is 7.05 Å². The third-order valence-electron chi connectivity index (χ3n) is 3.75. The van der Waals surface area contributed by atoms with E-state index in [4.69, 9.17) is 0 Å². The van der Waals surface area contributed by atoms with Gasteiger partial charge in [-0.25, -0.2) is 13.1 Å². The van der Waals surface area contributed by atoms with Crippen LogP contribution in [0.15, 0.2) is 9.63 Å². The first-order valence-corrected chi connectivity index (χ1v) is 8.28. The molecule has 0 spiro atoms. The second kappa shape index (κ2) is 5.12. The lowest BCUT2D eigenvalue weighted by molar-refractivity contribution is 0.219. The molecule has 0 saturated carbocycles. The van der Waals surface area contributed by atoms with E-state index in [1.165, 1.54) is 8.99 Å². The minimum Gasteiger partial charge on any atom is -0.314 e. The van der Waals surface area contributed by atoms with Gasteiger partial charge < -0.3 is 5.32 Å². The molecule has 1 aromatic heterocycles. The zero-order valence-corrected chi connectivity index (χ0v) is 13.6. The van der Waals surface area contributed by atoms with Crippen molar-refractivity contribution in [1.82, 2.24) is 24.6 Å². The zero-order chi connectivity index (χ0) is 14.3. The Morgan fingerprint density at radius 3 is 2.37 bits per heavy atom. The number of aromatic nitrogens is 3. The molecule has 0 radical (unpaired) electrons. The van der Waals surface area contributed by atoms with Crippen LogP contribution in [0.5, 0.6) is 0 Å². The van der Waals surface area contributed by atoms with Gasteiger partial charge in [0.1, 0.15) is 0 Å². The minimum absolute atomic E-state index is 0.00790. The Hall–Kier alpha value is -0.510. The molecule has 7 nitrogen and oxygen atoms in total. The van der Waals surface area contributed by atoms with Gasteiger partial charge in [0.05, 0.1) is 0 Å². The monoisotopic (exact) mass is 351 g/mol. The van der Waals surface area contributed by atoms with Crippen molar-refractivity contribution >= 4 is 26.0 Å². The first kappa shape index (κ1) is 14.9. The number of sulfonamides is 1. The summed E-state index contributed by atoms with van der Waals surface area (Å²) in [5.41, 5.74) is 0.00790. The summed E-state index contributed by atoms with van der Waals surface area (Å²) in [6.07, 6.45) is 1.57. The molecular weight excluding hydrogens is 334 g/mol. The van der Waals surface area contributed by atoms with Gasteiger partial charge >= 0.3 is 0 Å². The van der Waals surface area contributed by atoms with E-state index < -0.39 is 10.0 Å². The second-order valence-corrected chi connectivity index (χ2v) is 7.63. The van der Waals surface area contributed by atoms with Crippen molar-refractivity contribution in [1.29, 1.82) is 0 Å². The average molecular weight is 352 g/mol. The van der Waals surface area contributed by atoms with E-state index >= 15 is 0 Å². The molecule has 2 rings (SSSR count). The lowest BCUT2D eigenvalue weighted by Crippen LogP contribution is -2.51. The minimum atomic E-state index is -3.54. The van der Waals surface area contributed by atoms with E-state index in [1.807, 2.05) is 7.05 Å². The van der Waals surface area contributed by atoms with Gasteiger partial charge in [0.25, 0.3) is 10.0 Å². The van der Waals surface area contributed by atoms with Crippen molar-refractivity contribution in [2.75, 3.05) is 20.1 Å². The number of rotatable bonds is 3. The van der Waals surface area contributed by atoms with E-state index in [2.05, 4.69) is 38.5 Å². The summed E-state index contributed by atoms with van der Waals surface area (Å²) in [4.78, 5) is 0. The van der Waals surface area contributed by atoms with Crippen LogP contribution < -0.4 is 5.32 Å². The van der Waals surface area contributed by atoms with Gasteiger partial charge in [-0.3, -0.25) is 0 Å². The standard InChI is InChI=1S/C10H18BrN5O2S/c1-10(12-2)4-6-16(7-5-10)19(17,18)9-8(11)13-14-15(9)3/h12H,4-7H2,1-3H3. The number of nitrogens with zero attached hydrogens (tertiary/aromatic N) is 4. The normalized spacial score (nSPS) is 20.6. The zero-order valence-electron chi connectivity index (χ0n) is 11.2. The fraction of sp³-hybridized carbons (Fsp3) is 0.800. The van der Waals surface area contributed by atoms with Crippen LogP contribution in [0.4, 0.5) is 0 Å². The Morgan fingerprint density at radius 2 is 1.95 bits per heavy atom. The van der Waals surface area contributed by atoms with Crippen LogP contribution >= 0.6 is 15.9 Å². The lowest BCUT2D eigenvalue weighted by atomic mass is 9.91. The van der Waals surface area contributed by atoms with Crippen LogP contribution in [0.1, 0.15) is 19.8 Å². The van der Waals surface area contributed by atoms with Gasteiger partial charge in [-0.05, 0) is 42.7 Å². The molecule has 1 N–H and O–H groups in total. The van der Waals surface area contributed by atoms with E-state index in [9.17, 15) is 8.42 Å². The third-order valence-corrected chi connectivity index (χ3v) is 6.54. The smallest absolute Gasteiger partial charge is 0.263 e. The van der Waals surface area contributed by atoms with E-state index in [-0.39, 0.29) is 15.2 Å². The van der Waals surface area contributed by atoms with Gasteiger partial charge in [0.2, 0.25) is 5.03 Å². The maximum absolute atomic E-state index is 12.6. The number of hydrogen-bond donors (Lipinski definition) is 1. The molecular formula is C10H18BrN5O2S. The predicted molar refractivity (Wildman–Crippen MR) is 74.2 cm³/mol. The van der Waals surface area contributed by atoms with Gasteiger partial charge in [-0.15, -0.1) is 5.10 Å². The Balaban J connectivity index is 2.24. The topological polar surface area (TPSA) is 80.1 Å². The molecule has 9 heteroatoms. The van der Waals surface area contributed by atoms with E-state index in [0.29, 0.717) is 13.1 Å². The molecule has 1 saturated heterocycles. The highest BCUT2D eigenvalue weighted by Crippen LogP contribution is 2.28. The highest BCUT2D eigenvalue weighted by atomic mass is 79.9. The van der Waals surface area contributed by atoms with Crippen LogP contribution in [0.25, 0.3) is 0 Å². The Labute approximate surface area is 121 Å². The summed E-state index contributed by atoms with van der Waals surface area (Å²) in [6.45, 7) is 3.10. The molecule has 0 unspecified atom stereocenters. The van der Waals surface area contributed by atoms with Crippen molar-refractivity contribution in [3.63, 3.8) is 0 Å². The molecule has 1 fully saturated rings. The van der Waals surface area contributed by atoms with E-state index in [0.717, 1.165) is 12.8 Å². The van der Waals surface area contributed by atoms with Crippen LogP contribution in [0.2, 0.25) is 0 Å². The van der Waals surface area contributed by atoms with Crippen LogP contribution in [0.3, 0.4) is 0 Å². The van der Waals surface area contributed by atoms with Crippen LogP contribution in [-0.2, 0) is 17.1 Å². The molecule has 1 aromatic rings. The second-order valence-electron chi connectivity index (χ2n) is 5.02. The summed E-state index contributed by atoms with van der Waals surface area (Å²) in [5.74, 6) is 0. The number of hydrogen-bond acceptors (Lipinski definition) is 5. The molecule has 0 aromatic carbocycles. The number of aryl methyl sites for hydroxylation is 1. The molecule has 0 amide bonds. The van der Waals surface area contributed by atoms with Crippen molar-refractivity contribution in [2.24, 2.45) is 7.05 Å². The Morgan fingerprint density at radius 1 is 1.37 bits per heavy atom. The first-order chi connectivity index (χ1) is 8.80. The SMILES string of the molecule is CNC1(C)CCN(S(=O)(=O)c2c(Br)nnn2C)CC1. The maximum Gasteiger partial charge on any atom is 0.263 e. The quantitative estimate of drug-likeness (QED) is 0.849. The highest BCUT2D eigenvalue weighted by molar-refractivity contribution is 9.10. The predicted octanol–water partition coefficient (Wildman–Crippen LogP) is 0.340. The van der Waals surface area contributed by atoms with Crippen LogP contribution in [0, 0.1) is 0 Å². The van der Waals surface area contributed by atoms with Gasteiger partial charge in [0.15, 0.2) is 4.60 Å². The largest absolute Gasteiger partial charge is 0.314 e. The fourth-order valence-corrected chi connectivity index (χ4v) is 4.66. The Kier molecular flexibility index (Phi) is 4.01. The highest BCUT2D eigenvalue weighted by Gasteiger charge is 2.37. The number of nitrogens with one attached hydrogen (secondary N) is 1. The third kappa shape index (κ3) is 2.69. The molecule has 19 heavy (non-hydrogen) atoms. The molecule has 0 atom stereocenters. The summed E-state index contributed by atoms with van der Waals surface area (Å²) >= 11 is 3.14. The Bertz CT molecular complexity index is 543. The van der Waals surface area contributed by atoms with Gasteiger partial charge in [0, 0.05) is 25.7 Å². The fourth-order valence-electron chi connectivity index (χ4n) is 2.19. The molecule has 1 aliphatic heterocycles. The molecule has 0 bridgehead atoms. The molecule has 108 valence electrons. The number of piperidine rings is 1. The van der Waals surface area contributed by atoms with Crippen LogP contribution in [-0.4, -0.2) is 53.4 Å². The summed E-state index contributed by atoms with van der Waals surface area (Å²) in [5, 5.41) is 10.8. The number of halogens is 1. The average Bonchev–Trinajstić information content (AvgIpc) is 2.70. The summed E-state index contributed by atoms with van der Waals surface area (Å²) in [7, 11) is -0.0576. The lowest BCUT2D eigenvalue weighted by Gasteiger charge is -2.38. The summed E-state index contributed by atoms with van der Waals surface area (Å²) in [6, 6.07) is 0. The molecule has 2 heterocycles. The summed E-state index contributed by atoms with van der Waals surface area (Å²) < 4.78 is 28.2.